The van der Waals surface area contributed by atoms with Crippen LogP contribution in [-0.2, 0) is 14.8 Å². The maximum absolute atomic E-state index is 12.7. The molecule has 0 atom stereocenters. The Morgan fingerprint density at radius 2 is 1.93 bits per heavy atom. The van der Waals surface area contributed by atoms with E-state index in [9.17, 15) is 13.2 Å². The van der Waals surface area contributed by atoms with Gasteiger partial charge in [-0.3, -0.25) is 4.79 Å². The number of carbonyl (C=O) groups excluding carboxylic acids is 1. The van der Waals surface area contributed by atoms with Crippen molar-refractivity contribution in [1.82, 2.24) is 14.3 Å². The van der Waals surface area contributed by atoms with E-state index in [-0.39, 0.29) is 11.6 Å². The van der Waals surface area contributed by atoms with E-state index >= 15 is 0 Å². The molecule has 0 bridgehead atoms. The average molecular weight is 481 g/mol. The van der Waals surface area contributed by atoms with Crippen LogP contribution in [0.4, 0.5) is 5.82 Å². The van der Waals surface area contributed by atoms with E-state index in [0.717, 1.165) is 19.9 Å². The molecule has 0 aliphatic carbocycles. The first-order valence-electron chi connectivity index (χ1n) is 8.16. The Kier molecular flexibility index (Phi) is 6.23. The summed E-state index contributed by atoms with van der Waals surface area (Å²) >= 11 is 4.59. The van der Waals surface area contributed by atoms with Gasteiger partial charge >= 0.3 is 0 Å². The molecule has 2 aromatic heterocycles. The van der Waals surface area contributed by atoms with E-state index in [0.29, 0.717) is 10.8 Å². The summed E-state index contributed by atoms with van der Waals surface area (Å²) in [5, 5.41) is 4.56. The van der Waals surface area contributed by atoms with E-state index in [1.54, 1.807) is 12.3 Å². The van der Waals surface area contributed by atoms with Gasteiger partial charge in [-0.15, -0.1) is 11.3 Å². The molecule has 2 heterocycles. The number of likely N-dealkylation sites (N-methyl/N-ethyl adjacent to an activating group) is 1. The summed E-state index contributed by atoms with van der Waals surface area (Å²) in [6.45, 7) is 1.54. The highest BCUT2D eigenvalue weighted by Crippen LogP contribution is 2.27. The number of amides is 1. The van der Waals surface area contributed by atoms with Crippen LogP contribution in [0.2, 0.25) is 0 Å². The Labute approximate surface area is 175 Å². The minimum Gasteiger partial charge on any atom is -0.310 e. The largest absolute Gasteiger partial charge is 0.310 e. The summed E-state index contributed by atoms with van der Waals surface area (Å²) in [6, 6.07) is 10.9. The van der Waals surface area contributed by atoms with E-state index in [4.69, 9.17) is 0 Å². The number of pyridine rings is 1. The molecule has 0 saturated heterocycles. The zero-order valence-corrected chi connectivity index (χ0v) is 18.3. The lowest BCUT2D eigenvalue weighted by Crippen LogP contribution is -2.35. The molecule has 0 fully saturated rings. The van der Waals surface area contributed by atoms with Crippen molar-refractivity contribution in [3.8, 4) is 10.6 Å². The Balaban J connectivity index is 1.70. The standard InChI is InChI=1S/C18H17BrN4O3S2/c1-12-3-8-15(20-9-12)21-16(24)10-23(2)28(25,26)17-11-27-18(22-17)13-4-6-14(19)7-5-13/h3-9,11H,10H2,1-2H3,(H,20,21,24). The lowest BCUT2D eigenvalue weighted by Gasteiger charge is -2.15. The van der Waals surface area contributed by atoms with Gasteiger partial charge < -0.3 is 5.32 Å². The number of hydrogen-bond donors (Lipinski definition) is 1. The molecule has 3 aromatic rings. The highest BCUT2D eigenvalue weighted by Gasteiger charge is 2.26. The van der Waals surface area contributed by atoms with Gasteiger partial charge in [0.15, 0.2) is 5.03 Å². The fourth-order valence-electron chi connectivity index (χ4n) is 2.27. The van der Waals surface area contributed by atoms with Crippen LogP contribution in [0.5, 0.6) is 0 Å². The SMILES string of the molecule is Cc1ccc(NC(=O)CN(C)S(=O)(=O)c2csc(-c3ccc(Br)cc3)n2)nc1. The number of aromatic nitrogens is 2. The quantitative estimate of drug-likeness (QED) is 0.582. The highest BCUT2D eigenvalue weighted by atomic mass is 79.9. The molecule has 3 rings (SSSR count). The second kappa shape index (κ2) is 8.48. The third-order valence-corrected chi connectivity index (χ3v) is 7.05. The number of nitrogens with one attached hydrogen (secondary N) is 1. The zero-order valence-electron chi connectivity index (χ0n) is 15.1. The Hall–Kier alpha value is -2.14. The summed E-state index contributed by atoms with van der Waals surface area (Å²) in [6.07, 6.45) is 1.62. The van der Waals surface area contributed by atoms with E-state index in [1.807, 2.05) is 37.3 Å². The van der Waals surface area contributed by atoms with Crippen molar-refractivity contribution in [1.29, 1.82) is 0 Å². The van der Waals surface area contributed by atoms with Crippen molar-refractivity contribution in [3.05, 3.63) is 58.0 Å². The van der Waals surface area contributed by atoms with Crippen molar-refractivity contribution in [3.63, 3.8) is 0 Å². The first-order chi connectivity index (χ1) is 13.3. The van der Waals surface area contributed by atoms with Crippen LogP contribution in [0.25, 0.3) is 10.6 Å². The van der Waals surface area contributed by atoms with Gasteiger partial charge in [-0.25, -0.2) is 18.4 Å². The van der Waals surface area contributed by atoms with Crippen LogP contribution in [0.3, 0.4) is 0 Å². The molecule has 7 nitrogen and oxygen atoms in total. The molecule has 0 spiro atoms. The van der Waals surface area contributed by atoms with Crippen LogP contribution in [0.15, 0.2) is 57.5 Å². The molecule has 146 valence electrons. The summed E-state index contributed by atoms with van der Waals surface area (Å²) in [5.41, 5.74) is 1.78. The van der Waals surface area contributed by atoms with Gasteiger partial charge in [-0.1, -0.05) is 34.1 Å². The molecule has 1 amide bonds. The van der Waals surface area contributed by atoms with Crippen LogP contribution >= 0.6 is 27.3 Å². The van der Waals surface area contributed by atoms with Gasteiger partial charge in [-0.2, -0.15) is 4.31 Å². The minimum atomic E-state index is -3.89. The molecule has 0 aliphatic heterocycles. The fraction of sp³-hybridized carbons (Fsp3) is 0.167. The summed E-state index contributed by atoms with van der Waals surface area (Å²) < 4.78 is 27.4. The number of sulfonamides is 1. The van der Waals surface area contributed by atoms with Gasteiger partial charge in [0.2, 0.25) is 5.91 Å². The Morgan fingerprint density at radius 1 is 1.21 bits per heavy atom. The van der Waals surface area contributed by atoms with Gasteiger partial charge in [0, 0.05) is 28.7 Å². The predicted octanol–water partition coefficient (Wildman–Crippen LogP) is 3.54. The topological polar surface area (TPSA) is 92.3 Å². The normalized spacial score (nSPS) is 11.6. The van der Waals surface area contributed by atoms with Crippen LogP contribution in [0.1, 0.15) is 5.56 Å². The molecular formula is C18H17BrN4O3S2. The number of anilines is 1. The molecule has 1 aromatic carbocycles. The number of hydrogen-bond acceptors (Lipinski definition) is 6. The van der Waals surface area contributed by atoms with Gasteiger partial charge in [0.1, 0.15) is 10.8 Å². The number of aryl methyl sites for hydroxylation is 1. The number of benzene rings is 1. The Bertz CT molecular complexity index is 1080. The van der Waals surface area contributed by atoms with Crippen LogP contribution in [-0.4, -0.2) is 42.2 Å². The summed E-state index contributed by atoms with van der Waals surface area (Å²) in [7, 11) is -2.54. The third-order valence-electron chi connectivity index (χ3n) is 3.79. The van der Waals surface area contributed by atoms with E-state index < -0.39 is 15.9 Å². The van der Waals surface area contributed by atoms with Crippen LogP contribution in [0, 0.1) is 6.92 Å². The first-order valence-corrected chi connectivity index (χ1v) is 11.3. The number of thiazole rings is 1. The number of carbonyl (C=O) groups is 1. The number of halogens is 1. The maximum Gasteiger partial charge on any atom is 0.261 e. The molecule has 28 heavy (non-hydrogen) atoms. The van der Waals surface area contributed by atoms with Crippen molar-refractivity contribution < 1.29 is 13.2 Å². The minimum absolute atomic E-state index is 0.0841. The average Bonchev–Trinajstić information content (AvgIpc) is 3.15. The summed E-state index contributed by atoms with van der Waals surface area (Å²) in [4.78, 5) is 20.5. The lowest BCUT2D eigenvalue weighted by molar-refractivity contribution is -0.116. The fourth-order valence-corrected chi connectivity index (χ4v) is 4.73. The number of nitrogens with zero attached hydrogens (tertiary/aromatic N) is 3. The van der Waals surface area contributed by atoms with Gasteiger partial charge in [-0.05, 0) is 30.7 Å². The molecule has 0 saturated carbocycles. The first kappa shape index (κ1) is 20.6. The Morgan fingerprint density at radius 3 is 2.57 bits per heavy atom. The van der Waals surface area contributed by atoms with Crippen molar-refractivity contribution >= 4 is 49.0 Å². The second-order valence-electron chi connectivity index (χ2n) is 6.03. The molecule has 1 N–H and O–H groups in total. The summed E-state index contributed by atoms with van der Waals surface area (Å²) in [5.74, 6) is -0.113. The highest BCUT2D eigenvalue weighted by molar-refractivity contribution is 9.10. The molecule has 0 unspecified atom stereocenters. The van der Waals surface area contributed by atoms with Gasteiger partial charge in [0.05, 0.1) is 6.54 Å². The predicted molar refractivity (Wildman–Crippen MR) is 113 cm³/mol. The zero-order chi connectivity index (χ0) is 20.3. The van der Waals surface area contributed by atoms with E-state index in [2.05, 4.69) is 31.2 Å². The molecule has 0 radical (unpaired) electrons. The van der Waals surface area contributed by atoms with Crippen LogP contribution < -0.4 is 5.32 Å². The van der Waals surface area contributed by atoms with Crippen molar-refractivity contribution in [2.24, 2.45) is 0 Å². The smallest absolute Gasteiger partial charge is 0.261 e. The monoisotopic (exact) mass is 480 g/mol. The number of rotatable bonds is 6. The van der Waals surface area contributed by atoms with Gasteiger partial charge in [0.25, 0.3) is 10.0 Å². The maximum atomic E-state index is 12.7. The van der Waals surface area contributed by atoms with E-state index in [1.165, 1.54) is 23.8 Å². The second-order valence-corrected chi connectivity index (χ2v) is 9.79. The lowest BCUT2D eigenvalue weighted by atomic mass is 10.2. The molecule has 10 heteroatoms. The molecular weight excluding hydrogens is 464 g/mol. The molecule has 0 aliphatic rings. The third kappa shape index (κ3) is 4.82. The van der Waals surface area contributed by atoms with Crippen molar-refractivity contribution in [2.45, 2.75) is 11.9 Å². The van der Waals surface area contributed by atoms with Crippen molar-refractivity contribution in [2.75, 3.05) is 18.9 Å².